The molecule has 0 amide bonds. The van der Waals surface area contributed by atoms with Crippen LogP contribution in [0.3, 0.4) is 0 Å². The number of hydrogen-bond donors (Lipinski definition) is 0. The van der Waals surface area contributed by atoms with Crippen molar-refractivity contribution in [1.82, 2.24) is 0 Å². The Kier molecular flexibility index (Phi) is 18.1. The van der Waals surface area contributed by atoms with Gasteiger partial charge < -0.3 is 0 Å². The van der Waals surface area contributed by atoms with Crippen molar-refractivity contribution >= 4 is 64.6 Å². The van der Waals surface area contributed by atoms with E-state index >= 15 is 0 Å². The third-order valence-electron chi connectivity index (χ3n) is 27.4. The summed E-state index contributed by atoms with van der Waals surface area (Å²) >= 11 is 0. The molecule has 0 unspecified atom stereocenters. The summed E-state index contributed by atoms with van der Waals surface area (Å²) in [5, 5.41) is 16.0. The van der Waals surface area contributed by atoms with E-state index in [2.05, 4.69) is 478 Å². The lowest BCUT2D eigenvalue weighted by molar-refractivity contribution is 0.792. The van der Waals surface area contributed by atoms with Crippen LogP contribution >= 0.6 is 0 Å². The summed E-state index contributed by atoms with van der Waals surface area (Å²) in [4.78, 5) is 0. The fourth-order valence-electron chi connectivity index (χ4n) is 22.2. The van der Waals surface area contributed by atoms with Crippen LogP contribution in [0.5, 0.6) is 0 Å². The van der Waals surface area contributed by atoms with E-state index in [0.717, 1.165) is 0 Å². The molecule has 6 aliphatic carbocycles. The Morgan fingerprint density at radius 2 is 0.407 bits per heavy atom. The van der Waals surface area contributed by atoms with Gasteiger partial charge in [-0.2, -0.15) is 0 Å². The SMILES string of the molecule is Cc1c2ccccc2cc2ccccc12.Cc1ccc2c(c1)-c1ccccc1C21c2ccccc2-c2ccccc21.Cc1ccc2c(c1)C1(c3ccccc3-c3ccccc31)c1ccccc1-2.Cc1ccc2cc3ccccc3cc2c1.Cc1cccc2c1-c1ccccc1C21c2ccccc2-c2ccccc21.Cc1cccc2cc3ccccc3cc12. The fourth-order valence-corrected chi connectivity index (χ4v) is 22.2. The molecule has 21 aromatic carbocycles. The molecule has 0 bridgehead atoms. The van der Waals surface area contributed by atoms with Crippen molar-refractivity contribution in [3.05, 3.63) is 537 Å². The van der Waals surface area contributed by atoms with Crippen molar-refractivity contribution in [3.8, 4) is 66.8 Å². The smallest absolute Gasteiger partial charge is 0.0619 e. The molecule has 3 spiro atoms. The van der Waals surface area contributed by atoms with Crippen molar-refractivity contribution in [1.29, 1.82) is 0 Å². The molecule has 0 aliphatic heterocycles. The highest BCUT2D eigenvalue weighted by Gasteiger charge is 2.54. The maximum Gasteiger partial charge on any atom is 0.0725 e. The standard InChI is InChI=1S/3C26H18.3C15H12/c1-17-9-8-16-24-25(17)20-12-4-7-15-23(20)26(24)21-13-5-2-10-18(21)19-11-3-6-14-22(19)26;1-17-14-15-25-21(16-17)20-10-4-7-13-24(20)26(25)22-11-5-2-8-18(22)19-9-3-6-12-23(19)26;1-17-14-15-21-20-10-4-7-13-24(20)26(25(21)16-17)22-11-5-2-8-18(22)19-9-3-6-12-23(19)26;1-11-14-8-4-2-6-12(14)10-13-7-3-5-9-15(11)13;1-11-5-4-8-14-9-12-6-2-3-7-13(12)10-15(11)14;1-11-6-7-14-9-12-4-2-3-5-13(12)10-15(14)8-11/h3*2-16H,1H3;3*2-10H,1H3. The first kappa shape index (κ1) is 74.5. The monoisotopic (exact) mass is 1570 g/mol. The zero-order chi connectivity index (χ0) is 82.7. The van der Waals surface area contributed by atoms with Gasteiger partial charge in [0.1, 0.15) is 0 Å². The third-order valence-corrected chi connectivity index (χ3v) is 27.4. The number of rotatable bonds is 0. The minimum absolute atomic E-state index is 0.188. The number of hydrogen-bond acceptors (Lipinski definition) is 0. The van der Waals surface area contributed by atoms with E-state index in [1.54, 1.807) is 0 Å². The Balaban J connectivity index is 0.0000000896. The van der Waals surface area contributed by atoms with Gasteiger partial charge in [-0.25, -0.2) is 0 Å². The van der Waals surface area contributed by atoms with Crippen LogP contribution in [0.25, 0.3) is 131 Å². The van der Waals surface area contributed by atoms with Crippen LogP contribution in [0.4, 0.5) is 0 Å². The van der Waals surface area contributed by atoms with Crippen LogP contribution in [-0.2, 0) is 16.2 Å². The zero-order valence-corrected chi connectivity index (χ0v) is 70.1. The highest BCUT2D eigenvalue weighted by atomic mass is 14.6. The minimum Gasteiger partial charge on any atom is -0.0619 e. The lowest BCUT2D eigenvalue weighted by Gasteiger charge is -2.30. The molecule has 0 heteroatoms. The van der Waals surface area contributed by atoms with E-state index < -0.39 is 0 Å². The van der Waals surface area contributed by atoms with Crippen LogP contribution < -0.4 is 0 Å². The highest BCUT2D eigenvalue weighted by Crippen LogP contribution is 2.66. The molecule has 582 valence electrons. The molecule has 27 rings (SSSR count). The van der Waals surface area contributed by atoms with Crippen LogP contribution in [-0.4, -0.2) is 0 Å². The zero-order valence-electron chi connectivity index (χ0n) is 70.1. The lowest BCUT2D eigenvalue weighted by atomic mass is 9.70. The Bertz CT molecular complexity index is 7510. The highest BCUT2D eigenvalue weighted by molar-refractivity contribution is 6.05. The van der Waals surface area contributed by atoms with Crippen molar-refractivity contribution in [2.75, 3.05) is 0 Å². The van der Waals surface area contributed by atoms with Gasteiger partial charge in [0, 0.05) is 0 Å². The first-order valence-electron chi connectivity index (χ1n) is 43.3. The van der Waals surface area contributed by atoms with Gasteiger partial charge in [0.25, 0.3) is 0 Å². The van der Waals surface area contributed by atoms with Gasteiger partial charge in [-0.1, -0.05) is 423 Å². The fraction of sp³-hybridized carbons (Fsp3) is 0.0732. The molecule has 0 aromatic heterocycles. The van der Waals surface area contributed by atoms with Crippen LogP contribution in [0, 0.1) is 41.5 Å². The first-order valence-corrected chi connectivity index (χ1v) is 43.3. The van der Waals surface area contributed by atoms with Gasteiger partial charge in [-0.05, 0) is 287 Å². The first-order chi connectivity index (χ1) is 60.5. The molecule has 0 heterocycles. The maximum atomic E-state index is 2.40. The van der Waals surface area contributed by atoms with Gasteiger partial charge in [0.2, 0.25) is 0 Å². The summed E-state index contributed by atoms with van der Waals surface area (Å²) in [6.45, 7) is 13.1. The van der Waals surface area contributed by atoms with Crippen LogP contribution in [0.15, 0.2) is 437 Å². The minimum atomic E-state index is -0.189. The molecule has 0 saturated heterocycles. The predicted octanol–water partition coefficient (Wildman–Crippen LogP) is 31.9. The molecule has 0 saturated carbocycles. The molecule has 0 N–H and O–H groups in total. The Morgan fingerprint density at radius 1 is 0.138 bits per heavy atom. The van der Waals surface area contributed by atoms with E-state index in [1.165, 1.54) is 232 Å². The molecule has 0 atom stereocenters. The predicted molar refractivity (Wildman–Crippen MR) is 521 cm³/mol. The molecule has 0 nitrogen and oxygen atoms in total. The second kappa shape index (κ2) is 29.9. The summed E-state index contributed by atoms with van der Waals surface area (Å²) in [5.74, 6) is 0. The summed E-state index contributed by atoms with van der Waals surface area (Å²) in [6, 6.07) is 160. The summed E-state index contributed by atoms with van der Waals surface area (Å²) < 4.78 is 0. The van der Waals surface area contributed by atoms with E-state index in [9.17, 15) is 0 Å². The topological polar surface area (TPSA) is 0 Å². The van der Waals surface area contributed by atoms with E-state index in [0.29, 0.717) is 0 Å². The van der Waals surface area contributed by atoms with Gasteiger partial charge in [0.05, 0.1) is 16.2 Å². The molecule has 21 aromatic rings. The van der Waals surface area contributed by atoms with Gasteiger partial charge in [-0.15, -0.1) is 0 Å². The number of fused-ring (bicyclic) bond motifs is 36. The largest absolute Gasteiger partial charge is 0.0725 e. The molecular weight excluding hydrogens is 1480 g/mol. The Hall–Kier alpha value is -14.8. The molecular formula is C123H90. The van der Waals surface area contributed by atoms with Crippen molar-refractivity contribution in [2.24, 2.45) is 0 Å². The average Bonchev–Trinajstić information content (AvgIpc) is 1.52. The molecule has 0 radical (unpaired) electrons. The van der Waals surface area contributed by atoms with E-state index in [4.69, 9.17) is 0 Å². The van der Waals surface area contributed by atoms with Gasteiger partial charge in [-0.3, -0.25) is 0 Å². The summed E-state index contributed by atoms with van der Waals surface area (Å²) in [6.07, 6.45) is 0. The number of benzene rings is 21. The van der Waals surface area contributed by atoms with Gasteiger partial charge in [0.15, 0.2) is 0 Å². The van der Waals surface area contributed by atoms with E-state index in [-0.39, 0.29) is 16.2 Å². The van der Waals surface area contributed by atoms with Crippen LogP contribution in [0.1, 0.15) is 100 Å². The second-order valence-electron chi connectivity index (χ2n) is 34.2. The van der Waals surface area contributed by atoms with Crippen molar-refractivity contribution in [3.63, 3.8) is 0 Å². The Labute approximate surface area is 721 Å². The Morgan fingerprint density at radius 3 is 0.878 bits per heavy atom. The quantitative estimate of drug-likeness (QED) is 0.133. The summed E-state index contributed by atoms with van der Waals surface area (Å²) in [7, 11) is 0. The van der Waals surface area contributed by atoms with Gasteiger partial charge >= 0.3 is 0 Å². The number of aryl methyl sites for hydroxylation is 6. The average molecular weight is 1570 g/mol. The third kappa shape index (κ3) is 11.6. The normalized spacial score (nSPS) is 13.3. The van der Waals surface area contributed by atoms with Crippen molar-refractivity contribution in [2.45, 2.75) is 57.8 Å². The molecule has 6 aliphatic rings. The lowest BCUT2D eigenvalue weighted by Crippen LogP contribution is -2.25. The second-order valence-corrected chi connectivity index (χ2v) is 34.2. The molecule has 123 heavy (non-hydrogen) atoms. The van der Waals surface area contributed by atoms with Crippen molar-refractivity contribution < 1.29 is 0 Å². The van der Waals surface area contributed by atoms with Crippen LogP contribution in [0.2, 0.25) is 0 Å². The maximum absolute atomic E-state index is 2.40. The molecule has 0 fully saturated rings. The van der Waals surface area contributed by atoms with E-state index in [1.807, 2.05) is 0 Å². The summed E-state index contributed by atoms with van der Waals surface area (Å²) in [5.41, 5.74) is 41.0.